The lowest BCUT2D eigenvalue weighted by Crippen LogP contribution is -2.36. The molecular formula is C18H23N3O. The van der Waals surface area contributed by atoms with E-state index in [9.17, 15) is 4.79 Å². The van der Waals surface area contributed by atoms with Crippen molar-refractivity contribution in [1.29, 1.82) is 0 Å². The molecule has 4 nitrogen and oxygen atoms in total. The second-order valence-electron chi connectivity index (χ2n) is 6.40. The fourth-order valence-corrected chi connectivity index (χ4v) is 3.46. The van der Waals surface area contributed by atoms with Crippen LogP contribution in [0.15, 0.2) is 29.4 Å². The molecule has 1 amide bonds. The van der Waals surface area contributed by atoms with E-state index in [0.29, 0.717) is 11.8 Å². The van der Waals surface area contributed by atoms with Crippen LogP contribution in [-0.4, -0.2) is 18.2 Å². The number of nitrogens with zero attached hydrogens (tertiary/aromatic N) is 1. The third-order valence-electron chi connectivity index (χ3n) is 4.59. The maximum absolute atomic E-state index is 11.9. The molecule has 2 atom stereocenters. The molecule has 2 N–H and O–H groups in total. The zero-order chi connectivity index (χ0) is 15.7. The Labute approximate surface area is 131 Å². The lowest BCUT2D eigenvalue weighted by Gasteiger charge is -2.31. The molecule has 0 saturated heterocycles. The Morgan fingerprint density at radius 3 is 2.68 bits per heavy atom. The van der Waals surface area contributed by atoms with Crippen molar-refractivity contribution in [2.75, 3.05) is 11.9 Å². The molecule has 0 heterocycles. The van der Waals surface area contributed by atoms with Gasteiger partial charge in [0.2, 0.25) is 0 Å². The van der Waals surface area contributed by atoms with Crippen molar-refractivity contribution < 1.29 is 4.79 Å². The van der Waals surface area contributed by atoms with E-state index in [0.717, 1.165) is 35.4 Å². The van der Waals surface area contributed by atoms with Gasteiger partial charge in [-0.3, -0.25) is 4.79 Å². The number of anilines is 1. The predicted octanol–water partition coefficient (Wildman–Crippen LogP) is 3.09. The molecule has 0 spiro atoms. The van der Waals surface area contributed by atoms with Gasteiger partial charge in [0.05, 0.1) is 6.54 Å². The van der Waals surface area contributed by atoms with Crippen LogP contribution in [0.2, 0.25) is 0 Å². The third-order valence-corrected chi connectivity index (χ3v) is 4.59. The standard InChI is InChI=1S/C18H23N3O/c1-11-7-12(2)18(13(3)8-11)19-10-17(22)21-20-16-9-14-5-4-6-15(14)16/h4-5,7-8,14-15,19H,6,9-10H2,1-3H3,(H,21,22)/b20-16-/t14-,15+/m0/s1. The Hall–Kier alpha value is -2.10. The lowest BCUT2D eigenvalue weighted by atomic mass is 9.74. The van der Waals surface area contributed by atoms with E-state index in [1.807, 2.05) is 0 Å². The molecule has 0 radical (unpaired) electrons. The summed E-state index contributed by atoms with van der Waals surface area (Å²) >= 11 is 0. The smallest absolute Gasteiger partial charge is 0.259 e. The van der Waals surface area contributed by atoms with Crippen LogP contribution < -0.4 is 10.7 Å². The summed E-state index contributed by atoms with van der Waals surface area (Å²) < 4.78 is 0. The van der Waals surface area contributed by atoms with Gasteiger partial charge >= 0.3 is 0 Å². The molecule has 2 aliphatic rings. The minimum absolute atomic E-state index is 0.0960. The maximum Gasteiger partial charge on any atom is 0.259 e. The first-order chi connectivity index (χ1) is 10.5. The van der Waals surface area contributed by atoms with E-state index in [2.05, 4.69) is 60.9 Å². The third kappa shape index (κ3) is 2.91. The lowest BCUT2D eigenvalue weighted by molar-refractivity contribution is -0.119. The van der Waals surface area contributed by atoms with E-state index in [1.165, 1.54) is 5.56 Å². The van der Waals surface area contributed by atoms with Crippen molar-refractivity contribution in [2.45, 2.75) is 33.6 Å². The first kappa shape index (κ1) is 14.8. The van der Waals surface area contributed by atoms with Crippen molar-refractivity contribution in [3.8, 4) is 0 Å². The highest BCUT2D eigenvalue weighted by atomic mass is 16.2. The number of hydrazone groups is 1. The van der Waals surface area contributed by atoms with Gasteiger partial charge in [-0.25, -0.2) is 5.43 Å². The number of rotatable bonds is 4. The molecule has 116 valence electrons. The van der Waals surface area contributed by atoms with Crippen molar-refractivity contribution >= 4 is 17.3 Å². The number of aryl methyl sites for hydroxylation is 3. The summed E-state index contributed by atoms with van der Waals surface area (Å²) in [5.74, 6) is 1.10. The van der Waals surface area contributed by atoms with E-state index in [4.69, 9.17) is 0 Å². The molecule has 0 aliphatic heterocycles. The minimum atomic E-state index is -0.0960. The zero-order valence-corrected chi connectivity index (χ0v) is 13.4. The van der Waals surface area contributed by atoms with Crippen LogP contribution in [0, 0.1) is 32.6 Å². The van der Waals surface area contributed by atoms with E-state index >= 15 is 0 Å². The number of allylic oxidation sites excluding steroid dienone is 2. The highest BCUT2D eigenvalue weighted by Crippen LogP contribution is 2.40. The average molecular weight is 297 g/mol. The number of nitrogens with one attached hydrogen (secondary N) is 2. The molecule has 0 aromatic heterocycles. The SMILES string of the molecule is Cc1cc(C)c(NCC(=O)N/N=C2/C[C@@H]3C=CC[C@@H]23)c(C)c1. The molecule has 1 aromatic carbocycles. The van der Waals surface area contributed by atoms with Crippen molar-refractivity contribution in [2.24, 2.45) is 16.9 Å². The van der Waals surface area contributed by atoms with Crippen LogP contribution in [0.5, 0.6) is 0 Å². The fraction of sp³-hybridized carbons (Fsp3) is 0.444. The number of hydrogen-bond acceptors (Lipinski definition) is 3. The Bertz CT molecular complexity index is 637. The summed E-state index contributed by atoms with van der Waals surface area (Å²) in [7, 11) is 0. The quantitative estimate of drug-likeness (QED) is 0.663. The van der Waals surface area contributed by atoms with E-state index in [-0.39, 0.29) is 12.5 Å². The molecule has 1 fully saturated rings. The summed E-state index contributed by atoms with van der Waals surface area (Å²) in [5.41, 5.74) is 8.41. The molecule has 0 bridgehead atoms. The molecule has 4 heteroatoms. The Balaban J connectivity index is 1.52. The highest BCUT2D eigenvalue weighted by molar-refractivity contribution is 5.95. The van der Waals surface area contributed by atoms with Crippen molar-refractivity contribution in [3.05, 3.63) is 41.0 Å². The Morgan fingerprint density at radius 2 is 2.00 bits per heavy atom. The first-order valence-electron chi connectivity index (χ1n) is 7.88. The monoisotopic (exact) mass is 297 g/mol. The predicted molar refractivity (Wildman–Crippen MR) is 90.1 cm³/mol. The summed E-state index contributed by atoms with van der Waals surface area (Å²) in [6, 6.07) is 4.24. The summed E-state index contributed by atoms with van der Waals surface area (Å²) in [6.45, 7) is 6.44. The summed E-state index contributed by atoms with van der Waals surface area (Å²) in [5, 5.41) is 7.50. The largest absolute Gasteiger partial charge is 0.376 e. The number of fused-ring (bicyclic) bond motifs is 1. The van der Waals surface area contributed by atoms with Crippen LogP contribution >= 0.6 is 0 Å². The van der Waals surface area contributed by atoms with Crippen LogP contribution in [0.25, 0.3) is 0 Å². The first-order valence-corrected chi connectivity index (χ1v) is 7.88. The molecule has 1 saturated carbocycles. The van der Waals surface area contributed by atoms with Gasteiger partial charge < -0.3 is 5.32 Å². The van der Waals surface area contributed by atoms with Gasteiger partial charge in [-0.15, -0.1) is 0 Å². The second kappa shape index (κ2) is 5.95. The number of amides is 1. The van der Waals surface area contributed by atoms with Gasteiger partial charge in [-0.05, 0) is 50.7 Å². The van der Waals surface area contributed by atoms with Crippen LogP contribution in [0.3, 0.4) is 0 Å². The normalized spacial score (nSPS) is 24.0. The second-order valence-corrected chi connectivity index (χ2v) is 6.40. The van der Waals surface area contributed by atoms with Crippen LogP contribution in [0.1, 0.15) is 29.5 Å². The number of hydrogen-bond donors (Lipinski definition) is 2. The maximum atomic E-state index is 11.9. The van der Waals surface area contributed by atoms with Gasteiger partial charge in [-0.2, -0.15) is 5.10 Å². The van der Waals surface area contributed by atoms with Gasteiger partial charge in [0.1, 0.15) is 0 Å². The number of carbonyl (C=O) groups is 1. The molecule has 1 aromatic rings. The number of benzene rings is 1. The summed E-state index contributed by atoms with van der Waals surface area (Å²) in [4.78, 5) is 11.9. The van der Waals surface area contributed by atoms with E-state index < -0.39 is 0 Å². The average Bonchev–Trinajstić information content (AvgIpc) is 2.79. The number of carbonyl (C=O) groups excluding carboxylic acids is 1. The van der Waals surface area contributed by atoms with Gasteiger partial charge in [-0.1, -0.05) is 29.8 Å². The van der Waals surface area contributed by atoms with E-state index in [1.54, 1.807) is 0 Å². The van der Waals surface area contributed by atoms with Crippen molar-refractivity contribution in [3.63, 3.8) is 0 Å². The molecule has 22 heavy (non-hydrogen) atoms. The van der Waals surface area contributed by atoms with Gasteiger partial charge in [0.25, 0.3) is 5.91 Å². The zero-order valence-electron chi connectivity index (χ0n) is 13.4. The topological polar surface area (TPSA) is 53.5 Å². The Kier molecular flexibility index (Phi) is 4.01. The Morgan fingerprint density at radius 1 is 1.27 bits per heavy atom. The van der Waals surface area contributed by atoms with Crippen LogP contribution in [0.4, 0.5) is 5.69 Å². The van der Waals surface area contributed by atoms with Gasteiger partial charge in [0.15, 0.2) is 0 Å². The summed E-state index contributed by atoms with van der Waals surface area (Å²) in [6.07, 6.45) is 6.53. The molecule has 3 rings (SSSR count). The highest BCUT2D eigenvalue weighted by Gasteiger charge is 2.37. The fourth-order valence-electron chi connectivity index (χ4n) is 3.46. The molecular weight excluding hydrogens is 274 g/mol. The van der Waals surface area contributed by atoms with Gasteiger partial charge in [0, 0.05) is 17.3 Å². The molecule has 2 aliphatic carbocycles. The van der Waals surface area contributed by atoms with Crippen molar-refractivity contribution in [1.82, 2.24) is 5.43 Å². The van der Waals surface area contributed by atoms with Crippen LogP contribution in [-0.2, 0) is 4.79 Å². The minimum Gasteiger partial charge on any atom is -0.376 e. The molecule has 0 unspecified atom stereocenters.